The van der Waals surface area contributed by atoms with Gasteiger partial charge in [-0.3, -0.25) is 4.79 Å². The zero-order valence-electron chi connectivity index (χ0n) is 14.1. The summed E-state index contributed by atoms with van der Waals surface area (Å²) in [6.45, 7) is 2.05. The molecule has 1 aliphatic rings. The van der Waals surface area contributed by atoms with E-state index in [0.717, 1.165) is 25.7 Å². The van der Waals surface area contributed by atoms with E-state index < -0.39 is 16.1 Å². The summed E-state index contributed by atoms with van der Waals surface area (Å²) < 4.78 is 27.0. The lowest BCUT2D eigenvalue weighted by molar-refractivity contribution is -0.123. The predicted octanol–water partition coefficient (Wildman–Crippen LogP) is 2.06. The summed E-state index contributed by atoms with van der Waals surface area (Å²) in [5.74, 6) is -0.0827. The van der Waals surface area contributed by atoms with Gasteiger partial charge >= 0.3 is 0 Å². The van der Waals surface area contributed by atoms with Gasteiger partial charge < -0.3 is 11.1 Å². The molecular formula is C16H25Cl2N3O3S. The summed E-state index contributed by atoms with van der Waals surface area (Å²) in [6.07, 6.45) is 4.04. The van der Waals surface area contributed by atoms with Gasteiger partial charge in [0.1, 0.15) is 0 Å². The van der Waals surface area contributed by atoms with Crippen LogP contribution in [0.15, 0.2) is 29.2 Å². The molecule has 3 atom stereocenters. The van der Waals surface area contributed by atoms with E-state index >= 15 is 0 Å². The molecule has 142 valence electrons. The van der Waals surface area contributed by atoms with Crippen LogP contribution in [-0.2, 0) is 14.8 Å². The summed E-state index contributed by atoms with van der Waals surface area (Å²) in [7, 11) is -3.78. The fraction of sp³-hybridized carbons (Fsp3) is 0.562. The molecule has 0 aliphatic heterocycles. The fourth-order valence-corrected chi connectivity index (χ4v) is 4.28. The van der Waals surface area contributed by atoms with Crippen LogP contribution in [0, 0.1) is 5.92 Å². The van der Waals surface area contributed by atoms with Gasteiger partial charge in [0.05, 0.1) is 10.9 Å². The Balaban J connectivity index is 0.00000312. The maximum atomic E-state index is 12.3. The SMILES string of the molecule is CC(NS(=O)(=O)c1ccc(Cl)cc1)C(=O)NC1CCCCC1CN.Cl. The van der Waals surface area contributed by atoms with Crippen molar-refractivity contribution in [3.8, 4) is 0 Å². The number of hydrogen-bond acceptors (Lipinski definition) is 4. The highest BCUT2D eigenvalue weighted by atomic mass is 35.5. The summed E-state index contributed by atoms with van der Waals surface area (Å²) in [4.78, 5) is 12.4. The van der Waals surface area contributed by atoms with Crippen LogP contribution < -0.4 is 15.8 Å². The molecule has 1 aliphatic carbocycles. The van der Waals surface area contributed by atoms with Crippen molar-refractivity contribution in [3.63, 3.8) is 0 Å². The zero-order valence-corrected chi connectivity index (χ0v) is 16.5. The number of nitrogens with two attached hydrogens (primary N) is 1. The first-order valence-electron chi connectivity index (χ1n) is 8.12. The molecule has 3 unspecified atom stereocenters. The first-order valence-corrected chi connectivity index (χ1v) is 9.98. The monoisotopic (exact) mass is 409 g/mol. The highest BCUT2D eigenvalue weighted by molar-refractivity contribution is 7.89. The minimum atomic E-state index is -3.78. The molecule has 0 heterocycles. The number of sulfonamides is 1. The van der Waals surface area contributed by atoms with E-state index in [0.29, 0.717) is 11.6 Å². The predicted molar refractivity (Wildman–Crippen MR) is 101 cm³/mol. The Kier molecular flexibility index (Phi) is 8.63. The molecule has 0 aromatic heterocycles. The van der Waals surface area contributed by atoms with Crippen molar-refractivity contribution in [3.05, 3.63) is 29.3 Å². The van der Waals surface area contributed by atoms with Gasteiger partial charge in [-0.15, -0.1) is 12.4 Å². The van der Waals surface area contributed by atoms with E-state index in [1.807, 2.05) is 0 Å². The number of nitrogens with one attached hydrogen (secondary N) is 2. The van der Waals surface area contributed by atoms with Crippen LogP contribution in [0.3, 0.4) is 0 Å². The van der Waals surface area contributed by atoms with Crippen LogP contribution in [0.4, 0.5) is 0 Å². The van der Waals surface area contributed by atoms with Crippen molar-refractivity contribution >= 4 is 39.9 Å². The molecule has 0 bridgehead atoms. The second-order valence-electron chi connectivity index (χ2n) is 6.19. The third kappa shape index (κ3) is 6.11. The molecule has 0 saturated heterocycles. The molecule has 1 aromatic carbocycles. The topological polar surface area (TPSA) is 101 Å². The average Bonchev–Trinajstić information content (AvgIpc) is 2.55. The van der Waals surface area contributed by atoms with Gasteiger partial charge in [-0.1, -0.05) is 24.4 Å². The molecular weight excluding hydrogens is 385 g/mol. The van der Waals surface area contributed by atoms with Crippen LogP contribution >= 0.6 is 24.0 Å². The van der Waals surface area contributed by atoms with E-state index in [4.69, 9.17) is 17.3 Å². The van der Waals surface area contributed by atoms with Gasteiger partial charge in [0.15, 0.2) is 0 Å². The van der Waals surface area contributed by atoms with Gasteiger partial charge in [-0.05, 0) is 56.5 Å². The smallest absolute Gasteiger partial charge is 0.241 e. The molecule has 1 saturated carbocycles. The number of carbonyl (C=O) groups excluding carboxylic acids is 1. The van der Waals surface area contributed by atoms with Gasteiger partial charge in [-0.2, -0.15) is 4.72 Å². The standard InChI is InChI=1S/C16H24ClN3O3S.ClH/c1-11(16(21)19-15-5-3-2-4-12(15)10-18)20-24(22,23)14-8-6-13(17)7-9-14;/h6-9,11-12,15,20H,2-5,10,18H2,1H3,(H,19,21);1H. The Morgan fingerprint density at radius 2 is 1.88 bits per heavy atom. The number of halogens is 2. The van der Waals surface area contributed by atoms with E-state index in [9.17, 15) is 13.2 Å². The normalized spacial score (nSPS) is 21.9. The quantitative estimate of drug-likeness (QED) is 0.668. The number of carbonyl (C=O) groups is 1. The second kappa shape index (κ2) is 9.73. The van der Waals surface area contributed by atoms with Gasteiger partial charge in [0, 0.05) is 11.1 Å². The van der Waals surface area contributed by atoms with E-state index in [1.165, 1.54) is 31.2 Å². The van der Waals surface area contributed by atoms with Gasteiger partial charge in [0.2, 0.25) is 15.9 Å². The van der Waals surface area contributed by atoms with Gasteiger partial charge in [-0.25, -0.2) is 8.42 Å². The first-order chi connectivity index (χ1) is 11.3. The van der Waals surface area contributed by atoms with Crippen molar-refractivity contribution in [1.82, 2.24) is 10.0 Å². The van der Waals surface area contributed by atoms with Crippen LogP contribution in [0.2, 0.25) is 5.02 Å². The first kappa shape index (κ1) is 22.2. The third-order valence-electron chi connectivity index (χ3n) is 4.39. The van der Waals surface area contributed by atoms with Crippen molar-refractivity contribution < 1.29 is 13.2 Å². The number of amides is 1. The maximum absolute atomic E-state index is 12.3. The van der Waals surface area contributed by atoms with E-state index in [2.05, 4.69) is 10.0 Å². The van der Waals surface area contributed by atoms with E-state index in [-0.39, 0.29) is 35.2 Å². The molecule has 0 radical (unpaired) electrons. The van der Waals surface area contributed by atoms with Crippen molar-refractivity contribution in [2.45, 2.75) is 49.6 Å². The third-order valence-corrected chi connectivity index (χ3v) is 6.20. The number of rotatable bonds is 6. The maximum Gasteiger partial charge on any atom is 0.241 e. The molecule has 6 nitrogen and oxygen atoms in total. The number of benzene rings is 1. The Hall–Kier alpha value is -0.860. The molecule has 9 heteroatoms. The summed E-state index contributed by atoms with van der Waals surface area (Å²) >= 11 is 5.76. The van der Waals surface area contributed by atoms with Crippen molar-refractivity contribution in [2.24, 2.45) is 11.7 Å². The fourth-order valence-electron chi connectivity index (χ4n) is 2.96. The lowest BCUT2D eigenvalue weighted by Gasteiger charge is -2.32. The van der Waals surface area contributed by atoms with Crippen LogP contribution in [0.5, 0.6) is 0 Å². The van der Waals surface area contributed by atoms with Crippen LogP contribution in [0.25, 0.3) is 0 Å². The minimum absolute atomic E-state index is 0. The Morgan fingerprint density at radius 1 is 1.28 bits per heavy atom. The second-order valence-corrected chi connectivity index (χ2v) is 8.34. The molecule has 4 N–H and O–H groups in total. The summed E-state index contributed by atoms with van der Waals surface area (Å²) in [5.41, 5.74) is 5.76. The largest absolute Gasteiger partial charge is 0.352 e. The zero-order chi connectivity index (χ0) is 17.7. The molecule has 2 rings (SSSR count). The molecule has 0 spiro atoms. The Bertz CT molecular complexity index is 668. The van der Waals surface area contributed by atoms with Gasteiger partial charge in [0.25, 0.3) is 0 Å². The molecule has 1 amide bonds. The Labute approximate surface area is 160 Å². The van der Waals surface area contributed by atoms with Crippen molar-refractivity contribution in [1.29, 1.82) is 0 Å². The lowest BCUT2D eigenvalue weighted by Crippen LogP contribution is -2.51. The number of hydrogen-bond donors (Lipinski definition) is 3. The molecule has 1 fully saturated rings. The van der Waals surface area contributed by atoms with Crippen LogP contribution in [-0.4, -0.2) is 33.0 Å². The average molecular weight is 410 g/mol. The Morgan fingerprint density at radius 3 is 2.48 bits per heavy atom. The minimum Gasteiger partial charge on any atom is -0.352 e. The molecule has 1 aromatic rings. The van der Waals surface area contributed by atoms with Crippen LogP contribution in [0.1, 0.15) is 32.6 Å². The summed E-state index contributed by atoms with van der Waals surface area (Å²) in [6, 6.07) is 4.94. The van der Waals surface area contributed by atoms with E-state index in [1.54, 1.807) is 0 Å². The highest BCUT2D eigenvalue weighted by Gasteiger charge is 2.28. The molecule has 25 heavy (non-hydrogen) atoms. The highest BCUT2D eigenvalue weighted by Crippen LogP contribution is 2.23. The summed E-state index contributed by atoms with van der Waals surface area (Å²) in [5, 5.41) is 3.38. The van der Waals surface area contributed by atoms with Crippen molar-refractivity contribution in [2.75, 3.05) is 6.54 Å². The lowest BCUT2D eigenvalue weighted by atomic mass is 9.84.